The van der Waals surface area contributed by atoms with Gasteiger partial charge in [0.25, 0.3) is 13.0 Å². The van der Waals surface area contributed by atoms with E-state index in [0.717, 1.165) is 69.8 Å². The Hall–Kier alpha value is -2.38. The maximum absolute atomic E-state index is 13.8. The fourth-order valence-corrected chi connectivity index (χ4v) is 16.7. The molecule has 65 heavy (non-hydrogen) atoms. The van der Waals surface area contributed by atoms with Crippen LogP contribution in [0, 0.1) is 64.1 Å². The zero-order chi connectivity index (χ0) is 44.1. The van der Waals surface area contributed by atoms with Crippen molar-refractivity contribution in [1.82, 2.24) is 0 Å². The predicted molar refractivity (Wildman–Crippen MR) is 236 cm³/mol. The second kappa shape index (κ2) is 16.1. The van der Waals surface area contributed by atoms with E-state index in [1.54, 1.807) is 0 Å². The quantitative estimate of drug-likeness (QED) is 0.169. The van der Waals surface area contributed by atoms with Crippen LogP contribution in [0.1, 0.15) is 120 Å². The molecule has 0 amide bonds. The van der Waals surface area contributed by atoms with Gasteiger partial charge in [0.1, 0.15) is 9.93 Å². The summed E-state index contributed by atoms with van der Waals surface area (Å²) in [6.45, 7) is 17.2. The van der Waals surface area contributed by atoms with Gasteiger partial charge in [-0.3, -0.25) is 9.59 Å². The topological polar surface area (TPSA) is 174 Å². The summed E-state index contributed by atoms with van der Waals surface area (Å²) in [6, 6.07) is 0. The van der Waals surface area contributed by atoms with Crippen LogP contribution in [0.4, 0.5) is 0 Å². The molecule has 8 aliphatic carbocycles. The van der Waals surface area contributed by atoms with E-state index in [1.165, 1.54) is 16.7 Å². The van der Waals surface area contributed by atoms with Gasteiger partial charge >= 0.3 is 0 Å². The molecule has 14 nitrogen and oxygen atoms in total. The van der Waals surface area contributed by atoms with Crippen LogP contribution in [0.5, 0.6) is 0 Å². The average molecular weight is 968 g/mol. The van der Waals surface area contributed by atoms with Crippen molar-refractivity contribution in [3.8, 4) is 13.1 Å². The predicted octanol–water partition coefficient (Wildman–Crippen LogP) is 8.03. The molecule has 10 unspecified atom stereocenters. The number of ether oxygens (including phenoxy) is 10. The molecule has 16 aliphatic rings. The molecule has 4 spiro atoms. The van der Waals surface area contributed by atoms with Crippen LogP contribution in [0.3, 0.4) is 0 Å². The third kappa shape index (κ3) is 6.16. The Balaban J connectivity index is 0.000000148. The molecule has 0 aromatic rings. The molecule has 8 saturated heterocycles. The van der Waals surface area contributed by atoms with Crippen LogP contribution in [0.2, 0.25) is 0 Å². The summed E-state index contributed by atoms with van der Waals surface area (Å²) in [5, 5.41) is 13.0. The Bertz CT molecular complexity index is 2100. The number of Topliss-reactive ketones (excluding diaryl/α,β-unsaturated/α-hetero) is 2. The summed E-state index contributed by atoms with van der Waals surface area (Å²) < 4.78 is 60.8. The van der Waals surface area contributed by atoms with E-state index in [-0.39, 0.29) is 90.6 Å². The molecular formula is C50H67BrN2O12. The first-order valence-electron chi connectivity index (χ1n) is 23.2. The van der Waals surface area contributed by atoms with Crippen LogP contribution in [0.15, 0.2) is 34.4 Å². The van der Waals surface area contributed by atoms with Crippen LogP contribution < -0.4 is 0 Å². The number of rotatable bonds is 0. The minimum atomic E-state index is -0.664. The van der Waals surface area contributed by atoms with Gasteiger partial charge in [-0.2, -0.15) is 0 Å². The Morgan fingerprint density at radius 2 is 1.18 bits per heavy atom. The number of nitriles is 2. The summed E-state index contributed by atoms with van der Waals surface area (Å²) in [5.74, 6) is 0.736. The highest BCUT2D eigenvalue weighted by Crippen LogP contribution is 2.68. The van der Waals surface area contributed by atoms with Gasteiger partial charge in [0.05, 0.1) is 56.4 Å². The third-order valence-corrected chi connectivity index (χ3v) is 20.1. The van der Waals surface area contributed by atoms with E-state index in [9.17, 15) is 9.59 Å². The standard InChI is InChI=1S/C23H29BrO6.C23H28O6.2CHN.2CH4/c1-12-16-10-21-5-3-14-13-4-6-23(26-7-8-27-23)20(13,2)11-17(25)22(14,24)9-15(21)18(12)29-19(28-16)30-21;1-12-18-11-22-5-3-13-14(9-16(22)19(12)28-20(27-18)29-22)17(24)10-21(2)15(13)4-6-23(21)25-7-8-26-23;2*1-2;;/h9,12-14,16,18-19H,3-8,10-11H2,1-2H3;9,12,15,18-20H,3-8,10-11H2,1-2H3;2*1H;2*1H4/t12?,13-,14-,16?,18?,19?,20-,21?,22-;12?,15-,18?,19?,20?,21-,22?;;;;/m00..../s1. The number of carbonyl (C=O) groups excluding carboxylic acids is 2. The largest absolute Gasteiger partial charge is 0.347 e. The summed E-state index contributed by atoms with van der Waals surface area (Å²) >= 11 is 4.01. The van der Waals surface area contributed by atoms with Crippen molar-refractivity contribution >= 4 is 27.5 Å². The maximum Gasteiger partial charge on any atom is 0.273 e. The van der Waals surface area contributed by atoms with Crippen molar-refractivity contribution in [2.45, 2.75) is 184 Å². The first-order chi connectivity index (χ1) is 30.3. The van der Waals surface area contributed by atoms with Crippen molar-refractivity contribution in [1.29, 1.82) is 10.5 Å². The second-order valence-corrected chi connectivity index (χ2v) is 22.4. The number of ketones is 2. The molecule has 16 rings (SSSR count). The number of hydrogen-bond acceptors (Lipinski definition) is 14. The van der Waals surface area contributed by atoms with Crippen LogP contribution in [-0.4, -0.2) is 102 Å². The number of halogens is 1. The molecule has 8 aliphatic heterocycles. The van der Waals surface area contributed by atoms with Gasteiger partial charge in [-0.25, -0.2) is 10.5 Å². The van der Waals surface area contributed by atoms with E-state index < -0.39 is 28.9 Å². The maximum atomic E-state index is 13.8. The van der Waals surface area contributed by atoms with Gasteiger partial charge in [0.2, 0.25) is 0 Å². The molecule has 13 fully saturated rings. The lowest BCUT2D eigenvalue weighted by Gasteiger charge is -2.59. The number of nitrogens with zero attached hydrogens (tertiary/aromatic N) is 2. The van der Waals surface area contributed by atoms with Gasteiger partial charge in [-0.15, -0.1) is 0 Å². The van der Waals surface area contributed by atoms with E-state index >= 15 is 0 Å². The number of fused-ring (bicyclic) bond motifs is 7. The first-order valence-corrected chi connectivity index (χ1v) is 24.0. The van der Waals surface area contributed by atoms with E-state index in [4.69, 9.17) is 57.9 Å². The normalized spacial score (nSPS) is 49.8. The average Bonchev–Trinajstić information content (AvgIpc) is 4.04. The van der Waals surface area contributed by atoms with Gasteiger partial charge in [-0.1, -0.05) is 70.1 Å². The molecule has 0 N–H and O–H groups in total. The molecule has 16 atom stereocenters. The molecule has 15 heteroatoms. The smallest absolute Gasteiger partial charge is 0.273 e. The van der Waals surface area contributed by atoms with Crippen molar-refractivity contribution in [2.75, 3.05) is 26.4 Å². The highest BCUT2D eigenvalue weighted by atomic mass is 79.9. The second-order valence-electron chi connectivity index (χ2n) is 21.1. The van der Waals surface area contributed by atoms with Crippen LogP contribution >= 0.6 is 15.9 Å². The fourth-order valence-electron chi connectivity index (χ4n) is 15.8. The molecule has 0 radical (unpaired) electrons. The fraction of sp³-hybridized carbons (Fsp3) is 0.800. The summed E-state index contributed by atoms with van der Waals surface area (Å²) in [5.41, 5.74) is 3.30. The van der Waals surface area contributed by atoms with Crippen LogP contribution in [-0.2, 0) is 57.0 Å². The highest BCUT2D eigenvalue weighted by Gasteiger charge is 2.72. The molecule has 356 valence electrons. The molecule has 0 aromatic carbocycles. The van der Waals surface area contributed by atoms with E-state index in [0.29, 0.717) is 51.1 Å². The Labute approximate surface area is 392 Å². The highest BCUT2D eigenvalue weighted by molar-refractivity contribution is 9.10. The molecule has 5 saturated carbocycles. The van der Waals surface area contributed by atoms with Gasteiger partial charge in [0.15, 0.2) is 23.1 Å². The first kappa shape index (κ1) is 47.7. The Kier molecular flexibility index (Phi) is 11.8. The number of carbonyl (C=O) groups is 2. The summed E-state index contributed by atoms with van der Waals surface area (Å²) in [6.07, 6.45) is 14.8. The SMILES string of the molecule is C.C.C#N.C#N.CC1C2CC34CCC5=C(C=C3C1OC(O2)O4)C(=O)C[C@@]1(C)[C@H]5CCC12OCCO2.CC1C2CC34CC[C@H]5[C@@H]6CCC7(OCCO7)[C@@]6(C)CC(=O)[C@]5(Br)C=C3C1OC(O2)O4. The van der Waals surface area contributed by atoms with E-state index in [1.807, 2.05) is 0 Å². The molecule has 8 heterocycles. The monoisotopic (exact) mass is 966 g/mol. The molecule has 0 aromatic heterocycles. The minimum absolute atomic E-state index is 0. The van der Waals surface area contributed by atoms with Crippen molar-refractivity contribution in [3.63, 3.8) is 0 Å². The number of hydrogen-bond donors (Lipinski definition) is 0. The van der Waals surface area contributed by atoms with Crippen LogP contribution in [0.25, 0.3) is 0 Å². The van der Waals surface area contributed by atoms with Crippen molar-refractivity contribution < 1.29 is 57.0 Å². The number of alkyl halides is 1. The molecule has 8 bridgehead atoms. The van der Waals surface area contributed by atoms with Crippen molar-refractivity contribution in [3.05, 3.63) is 34.4 Å². The lowest BCUT2D eigenvalue weighted by atomic mass is 9.57. The third-order valence-electron chi connectivity index (χ3n) is 18.9. The van der Waals surface area contributed by atoms with Crippen molar-refractivity contribution in [2.24, 2.45) is 40.4 Å². The lowest BCUT2D eigenvalue weighted by Crippen LogP contribution is -2.66. The van der Waals surface area contributed by atoms with E-state index in [2.05, 4.69) is 68.9 Å². The lowest BCUT2D eigenvalue weighted by molar-refractivity contribution is -0.443. The number of allylic oxidation sites excluding steroid dienone is 4. The zero-order valence-corrected chi connectivity index (χ0v) is 38.2. The van der Waals surface area contributed by atoms with Gasteiger partial charge < -0.3 is 47.4 Å². The van der Waals surface area contributed by atoms with Gasteiger partial charge in [-0.05, 0) is 73.5 Å². The zero-order valence-electron chi connectivity index (χ0n) is 36.6. The minimum Gasteiger partial charge on any atom is -0.347 e. The van der Waals surface area contributed by atoms with Gasteiger partial charge in [0, 0.05) is 79.9 Å². The Morgan fingerprint density at radius 3 is 1.78 bits per heavy atom. The summed E-state index contributed by atoms with van der Waals surface area (Å²) in [4.78, 5) is 27.3. The molecular weight excluding hydrogens is 900 g/mol. The Morgan fingerprint density at radius 1 is 0.662 bits per heavy atom. The summed E-state index contributed by atoms with van der Waals surface area (Å²) in [7, 11) is 0.